The first-order valence-electron chi connectivity index (χ1n) is 5.33. The lowest BCUT2D eigenvalue weighted by molar-refractivity contribution is -0.120. The maximum absolute atomic E-state index is 10.9. The third kappa shape index (κ3) is 5.28. The zero-order valence-electron chi connectivity index (χ0n) is 9.63. The number of hydrogen-bond donors (Lipinski definition) is 1. The molecule has 0 saturated heterocycles. The molecule has 0 heterocycles. The summed E-state index contributed by atoms with van der Waals surface area (Å²) in [5, 5.41) is 3.21. The molecule has 1 aromatic carbocycles. The summed E-state index contributed by atoms with van der Waals surface area (Å²) in [6.45, 7) is 2.40. The van der Waals surface area contributed by atoms with Gasteiger partial charge in [0.1, 0.15) is 12.4 Å². The Balaban J connectivity index is 2.27. The number of halogens is 1. The van der Waals surface area contributed by atoms with Crippen molar-refractivity contribution in [2.24, 2.45) is 0 Å². The maximum Gasteiger partial charge on any atom is 0.220 e. The number of benzene rings is 1. The summed E-state index contributed by atoms with van der Waals surface area (Å²) in [6.07, 6.45) is 0.470. The van der Waals surface area contributed by atoms with E-state index >= 15 is 0 Å². The lowest BCUT2D eigenvalue weighted by Crippen LogP contribution is -2.22. The molecule has 0 atom stereocenters. The van der Waals surface area contributed by atoms with Crippen molar-refractivity contribution in [1.29, 1.82) is 0 Å². The molecule has 0 saturated carbocycles. The zero-order valence-corrected chi connectivity index (χ0v) is 10.4. The molecule has 1 aromatic rings. The predicted octanol–water partition coefficient (Wildman–Crippen LogP) is 2.25. The third-order valence-corrected chi connectivity index (χ3v) is 2.27. The molecule has 4 heteroatoms. The van der Waals surface area contributed by atoms with E-state index in [0.29, 0.717) is 23.7 Å². The second-order valence-corrected chi connectivity index (χ2v) is 3.61. The van der Waals surface area contributed by atoms with Crippen LogP contribution in [0.15, 0.2) is 24.3 Å². The molecule has 0 spiro atoms. The van der Waals surface area contributed by atoms with E-state index in [1.54, 1.807) is 19.1 Å². The van der Waals surface area contributed by atoms with Gasteiger partial charge < -0.3 is 10.1 Å². The molecular formula is C13H14ClNO2. The fourth-order valence-electron chi connectivity index (χ4n) is 1.06. The molecule has 0 unspecified atom stereocenters. The van der Waals surface area contributed by atoms with Gasteiger partial charge in [0.15, 0.2) is 0 Å². The number of amides is 1. The van der Waals surface area contributed by atoms with Crippen LogP contribution in [0.3, 0.4) is 0 Å². The van der Waals surface area contributed by atoms with Crippen molar-refractivity contribution in [2.45, 2.75) is 13.3 Å². The van der Waals surface area contributed by atoms with Crippen LogP contribution in [0, 0.1) is 11.8 Å². The van der Waals surface area contributed by atoms with Crippen LogP contribution in [0.2, 0.25) is 5.02 Å². The second-order valence-electron chi connectivity index (χ2n) is 3.20. The van der Waals surface area contributed by atoms with E-state index in [2.05, 4.69) is 17.2 Å². The van der Waals surface area contributed by atoms with Gasteiger partial charge in [-0.1, -0.05) is 42.5 Å². The molecular weight excluding hydrogens is 238 g/mol. The van der Waals surface area contributed by atoms with Crippen molar-refractivity contribution in [3.8, 4) is 17.6 Å². The van der Waals surface area contributed by atoms with E-state index in [1.807, 2.05) is 12.1 Å². The van der Waals surface area contributed by atoms with Crippen molar-refractivity contribution in [3.05, 3.63) is 29.3 Å². The van der Waals surface area contributed by atoms with E-state index in [0.717, 1.165) is 0 Å². The summed E-state index contributed by atoms with van der Waals surface area (Å²) < 4.78 is 5.35. The van der Waals surface area contributed by atoms with Crippen molar-refractivity contribution in [1.82, 2.24) is 5.32 Å². The molecule has 0 bridgehead atoms. The summed E-state index contributed by atoms with van der Waals surface area (Å²) in [5.74, 6) is 6.19. The molecule has 90 valence electrons. The van der Waals surface area contributed by atoms with Gasteiger partial charge >= 0.3 is 0 Å². The number of carbonyl (C=O) groups is 1. The standard InChI is InChI=1S/C13H14ClNO2/c1-2-13(16)15-9-5-6-10-17-12-8-4-3-7-11(12)14/h3-4,7-8H,2,9-10H2,1H3,(H,15,16). The van der Waals surface area contributed by atoms with Crippen molar-refractivity contribution < 1.29 is 9.53 Å². The van der Waals surface area contributed by atoms with E-state index in [-0.39, 0.29) is 12.5 Å². The quantitative estimate of drug-likeness (QED) is 0.834. The molecule has 0 aliphatic carbocycles. The number of carbonyl (C=O) groups excluding carboxylic acids is 1. The first kappa shape index (κ1) is 13.4. The molecule has 0 aromatic heterocycles. The Morgan fingerprint density at radius 1 is 1.41 bits per heavy atom. The Labute approximate surface area is 106 Å². The largest absolute Gasteiger partial charge is 0.479 e. The summed E-state index contributed by atoms with van der Waals surface area (Å²) >= 11 is 5.89. The summed E-state index contributed by atoms with van der Waals surface area (Å²) in [5.41, 5.74) is 0. The highest BCUT2D eigenvalue weighted by Gasteiger charge is 1.96. The van der Waals surface area contributed by atoms with Crippen LogP contribution in [-0.2, 0) is 4.79 Å². The number of ether oxygens (including phenoxy) is 1. The maximum atomic E-state index is 10.9. The molecule has 1 N–H and O–H groups in total. The Hall–Kier alpha value is -1.66. The van der Waals surface area contributed by atoms with Crippen LogP contribution in [0.25, 0.3) is 0 Å². The number of rotatable bonds is 4. The number of hydrogen-bond acceptors (Lipinski definition) is 2. The molecule has 17 heavy (non-hydrogen) atoms. The number of nitrogens with one attached hydrogen (secondary N) is 1. The normalized spacial score (nSPS) is 9.06. The van der Waals surface area contributed by atoms with E-state index < -0.39 is 0 Å². The predicted molar refractivity (Wildman–Crippen MR) is 68.0 cm³/mol. The topological polar surface area (TPSA) is 38.3 Å². The van der Waals surface area contributed by atoms with E-state index in [4.69, 9.17) is 16.3 Å². The lowest BCUT2D eigenvalue weighted by atomic mass is 10.3. The molecule has 1 rings (SSSR count). The monoisotopic (exact) mass is 251 g/mol. The van der Waals surface area contributed by atoms with Gasteiger partial charge in [-0.2, -0.15) is 0 Å². The van der Waals surface area contributed by atoms with Gasteiger partial charge in [-0.15, -0.1) is 0 Å². The van der Waals surface area contributed by atoms with E-state index in [9.17, 15) is 4.79 Å². The number of para-hydroxylation sites is 1. The molecule has 0 radical (unpaired) electrons. The van der Waals surface area contributed by atoms with Crippen molar-refractivity contribution >= 4 is 17.5 Å². The molecule has 0 aliphatic heterocycles. The van der Waals surface area contributed by atoms with Gasteiger partial charge in [0.25, 0.3) is 0 Å². The van der Waals surface area contributed by atoms with Gasteiger partial charge in [-0.3, -0.25) is 4.79 Å². The Kier molecular flexibility index (Phi) is 5.98. The average molecular weight is 252 g/mol. The fraction of sp³-hybridized carbons (Fsp3) is 0.308. The van der Waals surface area contributed by atoms with Crippen LogP contribution in [0.4, 0.5) is 0 Å². The molecule has 0 aliphatic rings. The first-order chi connectivity index (χ1) is 8.24. The van der Waals surface area contributed by atoms with Crippen LogP contribution in [0.1, 0.15) is 13.3 Å². The molecule has 0 fully saturated rings. The highest BCUT2D eigenvalue weighted by molar-refractivity contribution is 6.32. The van der Waals surface area contributed by atoms with Gasteiger partial charge in [0.2, 0.25) is 5.91 Å². The van der Waals surface area contributed by atoms with Gasteiger partial charge in [-0.25, -0.2) is 0 Å². The summed E-state index contributed by atoms with van der Waals surface area (Å²) in [4.78, 5) is 10.9. The van der Waals surface area contributed by atoms with Crippen LogP contribution in [-0.4, -0.2) is 19.1 Å². The van der Waals surface area contributed by atoms with E-state index in [1.165, 1.54) is 0 Å². The zero-order chi connectivity index (χ0) is 12.5. The van der Waals surface area contributed by atoms with Crippen molar-refractivity contribution in [2.75, 3.05) is 13.2 Å². The molecule has 1 amide bonds. The van der Waals surface area contributed by atoms with Gasteiger partial charge in [-0.05, 0) is 12.1 Å². The highest BCUT2D eigenvalue weighted by atomic mass is 35.5. The van der Waals surface area contributed by atoms with Crippen LogP contribution >= 0.6 is 11.6 Å². The SMILES string of the molecule is CCC(=O)NCC#CCOc1ccccc1Cl. The average Bonchev–Trinajstić information content (AvgIpc) is 2.35. The van der Waals surface area contributed by atoms with Crippen LogP contribution < -0.4 is 10.1 Å². The summed E-state index contributed by atoms with van der Waals surface area (Å²) in [7, 11) is 0. The Bertz CT molecular complexity index is 435. The van der Waals surface area contributed by atoms with Crippen LogP contribution in [0.5, 0.6) is 5.75 Å². The lowest BCUT2D eigenvalue weighted by Gasteiger charge is -2.02. The third-order valence-electron chi connectivity index (χ3n) is 1.96. The minimum absolute atomic E-state index is 0.00804. The molecule has 3 nitrogen and oxygen atoms in total. The van der Waals surface area contributed by atoms with Gasteiger partial charge in [0, 0.05) is 6.42 Å². The minimum Gasteiger partial charge on any atom is -0.479 e. The highest BCUT2D eigenvalue weighted by Crippen LogP contribution is 2.22. The Morgan fingerprint density at radius 3 is 2.88 bits per heavy atom. The second kappa shape index (κ2) is 7.59. The van der Waals surface area contributed by atoms with Crippen molar-refractivity contribution in [3.63, 3.8) is 0 Å². The van der Waals surface area contributed by atoms with Gasteiger partial charge in [0.05, 0.1) is 11.6 Å². The fourth-order valence-corrected chi connectivity index (χ4v) is 1.25. The smallest absolute Gasteiger partial charge is 0.220 e. The first-order valence-corrected chi connectivity index (χ1v) is 5.71. The minimum atomic E-state index is -0.00804. The summed E-state index contributed by atoms with van der Waals surface area (Å²) in [6, 6.07) is 7.21. The Morgan fingerprint density at radius 2 is 2.18 bits per heavy atom.